The van der Waals surface area contributed by atoms with Crippen molar-refractivity contribution in [3.8, 4) is 0 Å². The lowest BCUT2D eigenvalue weighted by atomic mass is 10.1. The Labute approximate surface area is 110 Å². The third-order valence-electron chi connectivity index (χ3n) is 2.40. The average molecular weight is 258 g/mol. The predicted molar refractivity (Wildman–Crippen MR) is 71.7 cm³/mol. The number of nitrogens with one attached hydrogen (secondary N) is 3. The van der Waals surface area contributed by atoms with Crippen molar-refractivity contribution in [1.29, 1.82) is 0 Å². The minimum atomic E-state index is -0.151. The van der Waals surface area contributed by atoms with Gasteiger partial charge in [0.05, 0.1) is 6.42 Å². The van der Waals surface area contributed by atoms with Crippen LogP contribution in [0.1, 0.15) is 12.5 Å². The van der Waals surface area contributed by atoms with Crippen LogP contribution in [0.25, 0.3) is 0 Å². The second-order valence-electron chi connectivity index (χ2n) is 4.04. The Hall–Kier alpha value is -2.63. The number of benzene rings is 1. The maximum Gasteiger partial charge on any atom is 0.231 e. The van der Waals surface area contributed by atoms with Crippen molar-refractivity contribution in [1.82, 2.24) is 9.97 Å². The SMILES string of the molecule is CC(=O)Nc1ccc(CC(=O)Nc2ncc[nH]2)cc1. The van der Waals surface area contributed by atoms with Gasteiger partial charge in [0.25, 0.3) is 0 Å². The molecule has 0 saturated heterocycles. The number of imidazole rings is 1. The molecule has 0 radical (unpaired) electrons. The van der Waals surface area contributed by atoms with Crippen LogP contribution in [0.4, 0.5) is 11.6 Å². The minimum Gasteiger partial charge on any atom is -0.331 e. The van der Waals surface area contributed by atoms with Gasteiger partial charge in [-0.1, -0.05) is 12.1 Å². The highest BCUT2D eigenvalue weighted by atomic mass is 16.2. The van der Waals surface area contributed by atoms with Crippen LogP contribution in [0, 0.1) is 0 Å². The van der Waals surface area contributed by atoms with E-state index >= 15 is 0 Å². The zero-order valence-electron chi connectivity index (χ0n) is 10.4. The molecule has 98 valence electrons. The fourth-order valence-electron chi connectivity index (χ4n) is 1.60. The number of nitrogens with zero attached hydrogens (tertiary/aromatic N) is 1. The van der Waals surface area contributed by atoms with Gasteiger partial charge >= 0.3 is 0 Å². The van der Waals surface area contributed by atoms with Crippen molar-refractivity contribution < 1.29 is 9.59 Å². The molecule has 0 unspecified atom stereocenters. The van der Waals surface area contributed by atoms with E-state index in [1.165, 1.54) is 6.92 Å². The summed E-state index contributed by atoms with van der Waals surface area (Å²) in [7, 11) is 0. The standard InChI is InChI=1S/C13H14N4O2/c1-9(18)16-11-4-2-10(3-5-11)8-12(19)17-13-14-6-7-15-13/h2-7H,8H2,1H3,(H,16,18)(H2,14,15,17,19). The van der Waals surface area contributed by atoms with Gasteiger partial charge in [-0.05, 0) is 17.7 Å². The Kier molecular flexibility index (Phi) is 3.92. The molecule has 2 rings (SSSR count). The van der Waals surface area contributed by atoms with Crippen LogP contribution >= 0.6 is 0 Å². The number of H-pyrrole nitrogens is 1. The van der Waals surface area contributed by atoms with Crippen LogP contribution in [0.15, 0.2) is 36.7 Å². The summed E-state index contributed by atoms with van der Waals surface area (Å²) in [5, 5.41) is 5.31. The maximum absolute atomic E-state index is 11.7. The number of aromatic nitrogens is 2. The first-order valence-corrected chi connectivity index (χ1v) is 5.79. The lowest BCUT2D eigenvalue weighted by Gasteiger charge is -2.05. The molecule has 3 N–H and O–H groups in total. The summed E-state index contributed by atoms with van der Waals surface area (Å²) in [5.74, 6) is 0.158. The Morgan fingerprint density at radius 2 is 1.95 bits per heavy atom. The van der Waals surface area contributed by atoms with Crippen molar-refractivity contribution in [2.45, 2.75) is 13.3 Å². The van der Waals surface area contributed by atoms with Crippen molar-refractivity contribution in [3.05, 3.63) is 42.2 Å². The van der Waals surface area contributed by atoms with Crippen LogP contribution in [-0.2, 0) is 16.0 Å². The van der Waals surface area contributed by atoms with Gasteiger partial charge in [0.15, 0.2) is 0 Å². The van der Waals surface area contributed by atoms with Crippen molar-refractivity contribution in [2.75, 3.05) is 10.6 Å². The molecule has 0 saturated carbocycles. The summed E-state index contributed by atoms with van der Waals surface area (Å²) in [4.78, 5) is 29.3. The molecule has 1 aromatic heterocycles. The molecule has 0 bridgehead atoms. The van der Waals surface area contributed by atoms with E-state index in [1.807, 2.05) is 0 Å². The van der Waals surface area contributed by atoms with E-state index in [0.717, 1.165) is 5.56 Å². The molecule has 0 aliphatic carbocycles. The second kappa shape index (κ2) is 5.81. The van der Waals surface area contributed by atoms with Gasteiger partial charge in [0.2, 0.25) is 17.8 Å². The lowest BCUT2D eigenvalue weighted by Crippen LogP contribution is -2.15. The molecule has 19 heavy (non-hydrogen) atoms. The molecule has 2 amide bonds. The zero-order valence-corrected chi connectivity index (χ0v) is 10.4. The molecule has 6 heteroatoms. The van der Waals surface area contributed by atoms with E-state index in [4.69, 9.17) is 0 Å². The molecule has 0 aliphatic heterocycles. The monoisotopic (exact) mass is 258 g/mol. The molecule has 6 nitrogen and oxygen atoms in total. The zero-order chi connectivity index (χ0) is 13.7. The first kappa shape index (κ1) is 12.8. The highest BCUT2D eigenvalue weighted by molar-refractivity contribution is 5.91. The van der Waals surface area contributed by atoms with Gasteiger partial charge in [0.1, 0.15) is 0 Å². The van der Waals surface area contributed by atoms with E-state index < -0.39 is 0 Å². The number of amides is 2. The average Bonchev–Trinajstić information content (AvgIpc) is 2.83. The molecule has 2 aromatic rings. The van der Waals surface area contributed by atoms with Crippen molar-refractivity contribution in [2.24, 2.45) is 0 Å². The molecule has 0 fully saturated rings. The van der Waals surface area contributed by atoms with E-state index in [9.17, 15) is 9.59 Å². The van der Waals surface area contributed by atoms with Gasteiger partial charge in [0, 0.05) is 25.0 Å². The lowest BCUT2D eigenvalue weighted by molar-refractivity contribution is -0.116. The summed E-state index contributed by atoms with van der Waals surface area (Å²) >= 11 is 0. The molecular formula is C13H14N4O2. The first-order valence-electron chi connectivity index (χ1n) is 5.79. The number of anilines is 2. The topological polar surface area (TPSA) is 86.9 Å². The largest absolute Gasteiger partial charge is 0.331 e. The van der Waals surface area contributed by atoms with Gasteiger partial charge < -0.3 is 10.3 Å². The highest BCUT2D eigenvalue weighted by Gasteiger charge is 2.05. The van der Waals surface area contributed by atoms with Crippen molar-refractivity contribution >= 4 is 23.5 Å². The van der Waals surface area contributed by atoms with Crippen LogP contribution < -0.4 is 10.6 Å². The number of rotatable bonds is 4. The van der Waals surface area contributed by atoms with E-state index in [2.05, 4.69) is 20.6 Å². The Morgan fingerprint density at radius 1 is 1.21 bits per heavy atom. The number of carbonyl (C=O) groups excluding carboxylic acids is 2. The molecule has 0 aliphatic rings. The van der Waals surface area contributed by atoms with Crippen LogP contribution in [0.5, 0.6) is 0 Å². The van der Waals surface area contributed by atoms with Crippen LogP contribution in [-0.4, -0.2) is 21.8 Å². The fraction of sp³-hybridized carbons (Fsp3) is 0.154. The molecule has 0 spiro atoms. The van der Waals surface area contributed by atoms with Crippen molar-refractivity contribution in [3.63, 3.8) is 0 Å². The summed E-state index contributed by atoms with van der Waals surface area (Å²) in [5.41, 5.74) is 1.57. The maximum atomic E-state index is 11.7. The quantitative estimate of drug-likeness (QED) is 0.777. The van der Waals surface area contributed by atoms with E-state index in [-0.39, 0.29) is 18.2 Å². The third kappa shape index (κ3) is 3.95. The van der Waals surface area contributed by atoms with Gasteiger partial charge in [-0.15, -0.1) is 0 Å². The first-order chi connectivity index (χ1) is 9.13. The van der Waals surface area contributed by atoms with Crippen LogP contribution in [0.2, 0.25) is 0 Å². The number of aromatic amines is 1. The molecular weight excluding hydrogens is 244 g/mol. The molecule has 1 aromatic carbocycles. The van der Waals surface area contributed by atoms with Crippen LogP contribution in [0.3, 0.4) is 0 Å². The number of hydrogen-bond acceptors (Lipinski definition) is 3. The summed E-state index contributed by atoms with van der Waals surface area (Å²) in [6.07, 6.45) is 3.46. The minimum absolute atomic E-state index is 0.122. The van der Waals surface area contributed by atoms with E-state index in [0.29, 0.717) is 11.6 Å². The predicted octanol–water partition coefficient (Wildman–Crippen LogP) is 1.55. The Bertz CT molecular complexity index is 561. The summed E-state index contributed by atoms with van der Waals surface area (Å²) in [6, 6.07) is 7.12. The number of carbonyl (C=O) groups is 2. The third-order valence-corrected chi connectivity index (χ3v) is 2.40. The fourth-order valence-corrected chi connectivity index (χ4v) is 1.60. The summed E-state index contributed by atoms with van der Waals surface area (Å²) in [6.45, 7) is 1.45. The molecule has 0 atom stereocenters. The van der Waals surface area contributed by atoms with Gasteiger partial charge in [-0.25, -0.2) is 4.98 Å². The molecule has 1 heterocycles. The Morgan fingerprint density at radius 3 is 2.53 bits per heavy atom. The summed E-state index contributed by atoms with van der Waals surface area (Å²) < 4.78 is 0. The highest BCUT2D eigenvalue weighted by Crippen LogP contribution is 2.10. The normalized spacial score (nSPS) is 9.95. The van der Waals surface area contributed by atoms with Gasteiger partial charge in [-0.2, -0.15) is 0 Å². The second-order valence-corrected chi connectivity index (χ2v) is 4.04. The van der Waals surface area contributed by atoms with E-state index in [1.54, 1.807) is 36.7 Å². The Balaban J connectivity index is 1.92. The smallest absolute Gasteiger partial charge is 0.231 e. The number of hydrogen-bond donors (Lipinski definition) is 3. The van der Waals surface area contributed by atoms with Gasteiger partial charge in [-0.3, -0.25) is 14.9 Å².